The van der Waals surface area contributed by atoms with Crippen molar-refractivity contribution in [2.24, 2.45) is 0 Å². The van der Waals surface area contributed by atoms with Gasteiger partial charge in [0.05, 0.1) is 6.54 Å². The second-order valence-corrected chi connectivity index (χ2v) is 10.0. The van der Waals surface area contributed by atoms with Crippen LogP contribution < -0.4 is 10.2 Å². The van der Waals surface area contributed by atoms with Crippen LogP contribution in [0.4, 0.5) is 5.69 Å². The van der Waals surface area contributed by atoms with Crippen molar-refractivity contribution < 1.29 is 9.59 Å². The Balaban J connectivity index is 1.56. The quantitative estimate of drug-likeness (QED) is 0.426. The third-order valence-electron chi connectivity index (χ3n) is 6.49. The van der Waals surface area contributed by atoms with Gasteiger partial charge in [-0.2, -0.15) is 0 Å². The summed E-state index contributed by atoms with van der Waals surface area (Å²) in [5.74, 6) is 0.0664. The van der Waals surface area contributed by atoms with Gasteiger partial charge < -0.3 is 9.88 Å². The Labute approximate surface area is 197 Å². The molecule has 1 N–H and O–H groups in total. The summed E-state index contributed by atoms with van der Waals surface area (Å²) in [4.78, 5) is 30.2. The highest BCUT2D eigenvalue weighted by molar-refractivity contribution is 7.16. The molecule has 0 aliphatic carbocycles. The number of fused-ring (bicyclic) bond motifs is 3. The summed E-state index contributed by atoms with van der Waals surface area (Å²) >= 11 is 1.60. The second kappa shape index (κ2) is 8.19. The summed E-state index contributed by atoms with van der Waals surface area (Å²) in [7, 11) is 0. The highest BCUT2D eigenvalue weighted by Gasteiger charge is 2.48. The van der Waals surface area contributed by atoms with Crippen LogP contribution in [0.5, 0.6) is 0 Å². The van der Waals surface area contributed by atoms with Gasteiger partial charge in [-0.25, -0.2) is 0 Å². The Morgan fingerprint density at radius 3 is 2.52 bits per heavy atom. The van der Waals surface area contributed by atoms with Crippen LogP contribution >= 0.6 is 11.3 Å². The second-order valence-electron chi connectivity index (χ2n) is 9.13. The lowest BCUT2D eigenvalue weighted by Crippen LogP contribution is -2.64. The molecule has 2 aromatic heterocycles. The molecule has 4 aromatic rings. The van der Waals surface area contributed by atoms with Crippen LogP contribution in [0, 0.1) is 0 Å². The van der Waals surface area contributed by atoms with Crippen molar-refractivity contribution in [2.45, 2.75) is 45.3 Å². The molecule has 0 saturated carbocycles. The van der Waals surface area contributed by atoms with Crippen molar-refractivity contribution in [1.82, 2.24) is 9.88 Å². The van der Waals surface area contributed by atoms with E-state index >= 15 is 0 Å². The Bertz CT molecular complexity index is 1320. The number of carbonyl (C=O) groups is 2. The molecule has 0 bridgehead atoms. The number of hydrogen-bond acceptors (Lipinski definition) is 3. The van der Waals surface area contributed by atoms with E-state index in [9.17, 15) is 9.59 Å². The summed E-state index contributed by atoms with van der Waals surface area (Å²) in [6, 6.07) is 21.8. The third-order valence-corrected chi connectivity index (χ3v) is 7.44. The molecule has 6 heteroatoms. The maximum absolute atomic E-state index is 13.8. The van der Waals surface area contributed by atoms with E-state index in [1.54, 1.807) is 16.2 Å². The van der Waals surface area contributed by atoms with Gasteiger partial charge in [-0.15, -0.1) is 11.3 Å². The predicted molar refractivity (Wildman–Crippen MR) is 134 cm³/mol. The molecule has 3 heterocycles. The van der Waals surface area contributed by atoms with E-state index < -0.39 is 5.54 Å². The Morgan fingerprint density at radius 2 is 1.82 bits per heavy atom. The molecular formula is C27H27N3O2S. The van der Waals surface area contributed by atoms with E-state index in [0.29, 0.717) is 24.7 Å². The Morgan fingerprint density at radius 1 is 1.09 bits per heavy atom. The molecule has 0 radical (unpaired) electrons. The van der Waals surface area contributed by atoms with Crippen molar-refractivity contribution in [1.29, 1.82) is 0 Å². The van der Waals surface area contributed by atoms with Gasteiger partial charge in [0.25, 0.3) is 5.91 Å². The summed E-state index contributed by atoms with van der Waals surface area (Å²) in [6.07, 6.45) is 0. The Hall–Kier alpha value is -3.38. The topological polar surface area (TPSA) is 54.3 Å². The van der Waals surface area contributed by atoms with Gasteiger partial charge in [0.1, 0.15) is 16.1 Å². The van der Waals surface area contributed by atoms with Crippen LogP contribution in [0.2, 0.25) is 0 Å². The molecule has 0 saturated heterocycles. The number of rotatable bonds is 5. The molecule has 0 fully saturated rings. The van der Waals surface area contributed by atoms with Crippen LogP contribution in [-0.4, -0.2) is 21.9 Å². The summed E-state index contributed by atoms with van der Waals surface area (Å²) in [6.45, 7) is 6.95. The molecule has 5 rings (SSSR count). The van der Waals surface area contributed by atoms with E-state index in [4.69, 9.17) is 0 Å². The lowest BCUT2D eigenvalue weighted by atomic mass is 9.93. The van der Waals surface area contributed by atoms with E-state index in [1.807, 2.05) is 83.6 Å². The predicted octanol–water partition coefficient (Wildman–Crippen LogP) is 5.56. The number of thiophene rings is 1. The van der Waals surface area contributed by atoms with Crippen LogP contribution in [0.1, 0.15) is 48.3 Å². The van der Waals surface area contributed by atoms with E-state index in [1.165, 1.54) is 5.56 Å². The number of nitrogens with one attached hydrogen (secondary N) is 1. The first-order chi connectivity index (χ1) is 15.9. The normalized spacial score (nSPS) is 18.1. The summed E-state index contributed by atoms with van der Waals surface area (Å²) in [5.41, 5.74) is 2.50. The highest BCUT2D eigenvalue weighted by Crippen LogP contribution is 2.37. The van der Waals surface area contributed by atoms with Crippen LogP contribution in [0.3, 0.4) is 0 Å². The number of hydrogen-bond donors (Lipinski definition) is 1. The zero-order valence-corrected chi connectivity index (χ0v) is 19.9. The maximum Gasteiger partial charge on any atom is 0.275 e. The van der Waals surface area contributed by atoms with Crippen LogP contribution in [-0.2, 0) is 17.9 Å². The lowest BCUT2D eigenvalue weighted by molar-refractivity contribution is -0.126. The number of anilines is 1. The minimum Gasteiger partial charge on any atom is -0.350 e. The molecule has 5 nitrogen and oxygen atoms in total. The minimum absolute atomic E-state index is 0.153. The molecule has 2 amide bonds. The number of aromatic nitrogens is 1. The number of carbonyl (C=O) groups excluding carboxylic acids is 2. The van der Waals surface area contributed by atoms with Gasteiger partial charge in [-0.3, -0.25) is 14.5 Å². The average molecular weight is 458 g/mol. The van der Waals surface area contributed by atoms with Crippen molar-refractivity contribution in [3.05, 3.63) is 88.9 Å². The molecule has 1 atom stereocenters. The first-order valence-corrected chi connectivity index (χ1v) is 12.1. The zero-order chi connectivity index (χ0) is 23.2. The van der Waals surface area contributed by atoms with Crippen molar-refractivity contribution in [2.75, 3.05) is 4.90 Å². The fourth-order valence-corrected chi connectivity index (χ4v) is 5.48. The maximum atomic E-state index is 13.8. The third kappa shape index (κ3) is 3.64. The molecule has 0 unspecified atom stereocenters. The van der Waals surface area contributed by atoms with E-state index in [0.717, 1.165) is 21.5 Å². The molecule has 2 aromatic carbocycles. The molecule has 0 spiro atoms. The average Bonchev–Trinajstić information content (AvgIpc) is 3.41. The molecular weight excluding hydrogens is 430 g/mol. The zero-order valence-electron chi connectivity index (χ0n) is 19.0. The minimum atomic E-state index is -1.08. The van der Waals surface area contributed by atoms with Crippen molar-refractivity contribution >= 4 is 39.1 Å². The standard InChI is InChI=1S/C27H27N3O2S/c1-18(2)20-9-11-22(12-10-20)30-24(31)23-15-21-13-14-33-25(21)29(23)17-27(30,3)26(32)28-16-19-7-5-4-6-8-19/h4-15,18H,16-17H2,1-3H3,(H,28,32)/t27-/m1/s1. The largest absolute Gasteiger partial charge is 0.350 e. The summed E-state index contributed by atoms with van der Waals surface area (Å²) < 4.78 is 2.00. The molecule has 168 valence electrons. The fourth-order valence-electron chi connectivity index (χ4n) is 4.58. The van der Waals surface area contributed by atoms with E-state index in [2.05, 4.69) is 19.2 Å². The lowest BCUT2D eigenvalue weighted by Gasteiger charge is -2.44. The van der Waals surface area contributed by atoms with Gasteiger partial charge >= 0.3 is 0 Å². The summed E-state index contributed by atoms with van der Waals surface area (Å²) in [5, 5.41) is 6.14. The number of amides is 2. The van der Waals surface area contributed by atoms with Gasteiger partial charge in [-0.1, -0.05) is 56.3 Å². The molecule has 1 aliphatic rings. The van der Waals surface area contributed by atoms with Crippen molar-refractivity contribution in [3.63, 3.8) is 0 Å². The van der Waals surface area contributed by atoms with E-state index in [-0.39, 0.29) is 11.8 Å². The smallest absolute Gasteiger partial charge is 0.275 e. The van der Waals surface area contributed by atoms with Crippen LogP contribution in [0.25, 0.3) is 10.2 Å². The highest BCUT2D eigenvalue weighted by atomic mass is 32.1. The Kier molecular flexibility index (Phi) is 5.33. The van der Waals surface area contributed by atoms with Crippen LogP contribution in [0.15, 0.2) is 72.1 Å². The fraction of sp³-hybridized carbons (Fsp3) is 0.259. The first-order valence-electron chi connectivity index (χ1n) is 11.2. The number of benzene rings is 2. The van der Waals surface area contributed by atoms with Gasteiger partial charge in [-0.05, 0) is 53.6 Å². The monoisotopic (exact) mass is 457 g/mol. The van der Waals surface area contributed by atoms with Gasteiger partial charge in [0, 0.05) is 17.6 Å². The van der Waals surface area contributed by atoms with Gasteiger partial charge in [0.2, 0.25) is 5.91 Å². The molecule has 33 heavy (non-hydrogen) atoms. The first kappa shape index (κ1) is 21.5. The number of nitrogens with zero attached hydrogens (tertiary/aromatic N) is 2. The molecule has 1 aliphatic heterocycles. The SMILES string of the molecule is CC(C)c1ccc(N2C(=O)c3cc4ccsc4n3C[C@]2(C)C(=O)NCc2ccccc2)cc1. The van der Waals surface area contributed by atoms with Gasteiger partial charge in [0.15, 0.2) is 0 Å². The van der Waals surface area contributed by atoms with Crippen molar-refractivity contribution in [3.8, 4) is 0 Å².